The molecule has 4 heteroatoms. The lowest BCUT2D eigenvalue weighted by Gasteiger charge is -2.48. The van der Waals surface area contributed by atoms with Gasteiger partial charge in [-0.2, -0.15) is 0 Å². The quantitative estimate of drug-likeness (QED) is 0.874. The van der Waals surface area contributed by atoms with Gasteiger partial charge in [-0.3, -0.25) is 4.98 Å². The number of hydrogen-bond acceptors (Lipinski definition) is 3. The average Bonchev–Trinajstić information content (AvgIpc) is 2.36. The van der Waals surface area contributed by atoms with Crippen LogP contribution in [0.2, 0.25) is 0 Å². The van der Waals surface area contributed by atoms with Crippen LogP contribution in [0.15, 0.2) is 18.5 Å². The lowest BCUT2D eigenvalue weighted by Crippen LogP contribution is -2.33. The second kappa shape index (κ2) is 6.40. The van der Waals surface area contributed by atoms with E-state index in [9.17, 15) is 0 Å². The van der Waals surface area contributed by atoms with Crippen LogP contribution >= 0.6 is 10.3 Å². The summed E-state index contributed by atoms with van der Waals surface area (Å²) in [5, 5.41) is 0. The summed E-state index contributed by atoms with van der Waals surface area (Å²) in [7, 11) is -1.08. The van der Waals surface area contributed by atoms with Gasteiger partial charge in [0, 0.05) is 10.9 Å². The summed E-state index contributed by atoms with van der Waals surface area (Å²) < 4.78 is 6.84. The molecule has 1 aliphatic rings. The zero-order chi connectivity index (χ0) is 16.5. The van der Waals surface area contributed by atoms with Crippen molar-refractivity contribution < 1.29 is 4.18 Å². The highest BCUT2D eigenvalue weighted by molar-refractivity contribution is 8.29. The molecule has 0 bridgehead atoms. The average molecular weight is 325 g/mol. The second-order valence-corrected chi connectivity index (χ2v) is 12.0. The summed E-state index contributed by atoms with van der Waals surface area (Å²) in [4.78, 5) is 4.12. The fourth-order valence-corrected chi connectivity index (χ4v) is 4.27. The number of nitrogens with zero attached hydrogens (tertiary/aromatic N) is 1. The molecule has 2 rings (SSSR count). The maximum Gasteiger partial charge on any atom is 0.0709 e. The smallest absolute Gasteiger partial charge is 0.0709 e. The standard InChI is InChI=1S/C18H32N2OS/c1-13-9-14(16-7-8-20-12-17(16)19)11-15(10-13)21-22(5,6)18(2,3)4/h7-8,12-15H,9-11,19H2,1-6H3. The Morgan fingerprint density at radius 1 is 1.23 bits per heavy atom. The van der Waals surface area contributed by atoms with Gasteiger partial charge in [-0.1, -0.05) is 27.7 Å². The maximum absolute atomic E-state index is 6.63. The molecule has 0 amide bonds. The molecular formula is C18H32N2OS. The predicted molar refractivity (Wildman–Crippen MR) is 98.5 cm³/mol. The highest BCUT2D eigenvalue weighted by atomic mass is 32.3. The van der Waals surface area contributed by atoms with E-state index in [0.29, 0.717) is 17.9 Å². The second-order valence-electron chi connectivity index (χ2n) is 8.08. The van der Waals surface area contributed by atoms with Crippen LogP contribution in [-0.4, -0.2) is 28.3 Å². The van der Waals surface area contributed by atoms with Gasteiger partial charge in [0.15, 0.2) is 0 Å². The van der Waals surface area contributed by atoms with Gasteiger partial charge >= 0.3 is 0 Å². The Hall–Kier alpha value is -0.740. The third-order valence-corrected chi connectivity index (χ3v) is 8.78. The number of anilines is 1. The number of nitrogens with two attached hydrogens (primary N) is 1. The molecule has 3 unspecified atom stereocenters. The molecule has 3 nitrogen and oxygen atoms in total. The Balaban J connectivity index is 2.14. The SMILES string of the molecule is CC1CC(OS(C)(C)C(C)(C)C)CC(c2ccncc2N)C1. The van der Waals surface area contributed by atoms with E-state index in [1.54, 1.807) is 6.20 Å². The van der Waals surface area contributed by atoms with E-state index in [1.807, 2.05) is 6.20 Å². The first kappa shape index (κ1) is 17.6. The lowest BCUT2D eigenvalue weighted by molar-refractivity contribution is 0.131. The van der Waals surface area contributed by atoms with E-state index in [4.69, 9.17) is 9.92 Å². The van der Waals surface area contributed by atoms with Gasteiger partial charge in [-0.05, 0) is 55.2 Å². The van der Waals surface area contributed by atoms with Crippen LogP contribution in [0.3, 0.4) is 0 Å². The van der Waals surface area contributed by atoms with Crippen molar-refractivity contribution in [2.45, 2.75) is 63.7 Å². The van der Waals surface area contributed by atoms with Gasteiger partial charge in [0.05, 0.1) is 18.0 Å². The molecule has 1 aliphatic carbocycles. The van der Waals surface area contributed by atoms with E-state index in [2.05, 4.69) is 51.3 Å². The number of nitrogen functional groups attached to an aromatic ring is 1. The Kier molecular flexibility index (Phi) is 5.13. The molecule has 1 saturated carbocycles. The van der Waals surface area contributed by atoms with Crippen molar-refractivity contribution in [3.8, 4) is 0 Å². The van der Waals surface area contributed by atoms with Crippen LogP contribution in [0.5, 0.6) is 0 Å². The van der Waals surface area contributed by atoms with Crippen LogP contribution in [0.25, 0.3) is 0 Å². The van der Waals surface area contributed by atoms with E-state index in [0.717, 1.165) is 18.5 Å². The van der Waals surface area contributed by atoms with Crippen molar-refractivity contribution in [1.82, 2.24) is 4.98 Å². The molecule has 3 atom stereocenters. The Morgan fingerprint density at radius 2 is 1.91 bits per heavy atom. The molecule has 0 saturated heterocycles. The van der Waals surface area contributed by atoms with Gasteiger partial charge in [0.2, 0.25) is 0 Å². The van der Waals surface area contributed by atoms with Crippen LogP contribution in [0.4, 0.5) is 5.69 Å². The highest BCUT2D eigenvalue weighted by Gasteiger charge is 2.35. The fourth-order valence-electron chi connectivity index (χ4n) is 3.15. The molecule has 1 aromatic heterocycles. The summed E-state index contributed by atoms with van der Waals surface area (Å²) in [5.41, 5.74) is 8.21. The molecule has 126 valence electrons. The largest absolute Gasteiger partial charge is 0.397 e. The first-order valence-corrected chi connectivity index (χ1v) is 10.6. The van der Waals surface area contributed by atoms with Gasteiger partial charge in [-0.25, -0.2) is 0 Å². The van der Waals surface area contributed by atoms with Crippen molar-refractivity contribution in [3.05, 3.63) is 24.0 Å². The van der Waals surface area contributed by atoms with E-state index in [1.165, 1.54) is 12.0 Å². The van der Waals surface area contributed by atoms with Crippen molar-refractivity contribution in [2.24, 2.45) is 5.92 Å². The normalized spacial score (nSPS) is 27.6. The highest BCUT2D eigenvalue weighted by Crippen LogP contribution is 2.56. The van der Waals surface area contributed by atoms with E-state index < -0.39 is 10.3 Å². The van der Waals surface area contributed by atoms with Crippen LogP contribution in [0, 0.1) is 5.92 Å². The summed E-state index contributed by atoms with van der Waals surface area (Å²) in [5.74, 6) is 1.17. The minimum atomic E-state index is -1.08. The molecule has 0 radical (unpaired) electrons. The Bertz CT molecular complexity index is 510. The summed E-state index contributed by atoms with van der Waals surface area (Å²) >= 11 is 0. The summed E-state index contributed by atoms with van der Waals surface area (Å²) in [6, 6.07) is 2.08. The van der Waals surface area contributed by atoms with Crippen LogP contribution < -0.4 is 5.73 Å². The van der Waals surface area contributed by atoms with Crippen LogP contribution in [0.1, 0.15) is 58.4 Å². The zero-order valence-corrected chi connectivity index (χ0v) is 15.7. The molecular weight excluding hydrogens is 292 g/mol. The number of pyridine rings is 1. The Morgan fingerprint density at radius 3 is 2.50 bits per heavy atom. The maximum atomic E-state index is 6.63. The third-order valence-electron chi connectivity index (χ3n) is 5.08. The monoisotopic (exact) mass is 324 g/mol. The zero-order valence-electron chi connectivity index (χ0n) is 14.9. The molecule has 22 heavy (non-hydrogen) atoms. The number of aromatic nitrogens is 1. The molecule has 1 heterocycles. The van der Waals surface area contributed by atoms with Crippen molar-refractivity contribution in [1.29, 1.82) is 0 Å². The third kappa shape index (κ3) is 3.96. The van der Waals surface area contributed by atoms with E-state index in [-0.39, 0.29) is 4.75 Å². The van der Waals surface area contributed by atoms with Gasteiger partial charge in [0.1, 0.15) is 0 Å². The predicted octanol–water partition coefficient (Wildman–Crippen LogP) is 4.73. The topological polar surface area (TPSA) is 48.1 Å². The molecule has 0 spiro atoms. The summed E-state index contributed by atoms with van der Waals surface area (Å²) in [6.07, 6.45) is 12.0. The van der Waals surface area contributed by atoms with Crippen LogP contribution in [-0.2, 0) is 4.18 Å². The van der Waals surface area contributed by atoms with E-state index >= 15 is 0 Å². The molecule has 2 N–H and O–H groups in total. The summed E-state index contributed by atoms with van der Waals surface area (Å²) in [6.45, 7) is 9.19. The number of rotatable bonds is 3. The van der Waals surface area contributed by atoms with Crippen molar-refractivity contribution >= 4 is 16.0 Å². The number of hydrogen-bond donors (Lipinski definition) is 1. The van der Waals surface area contributed by atoms with Crippen molar-refractivity contribution in [3.63, 3.8) is 0 Å². The molecule has 1 fully saturated rings. The first-order valence-electron chi connectivity index (χ1n) is 8.20. The molecule has 1 aromatic rings. The van der Waals surface area contributed by atoms with Gasteiger partial charge in [0.25, 0.3) is 0 Å². The first-order chi connectivity index (χ1) is 10.1. The van der Waals surface area contributed by atoms with Crippen molar-refractivity contribution in [2.75, 3.05) is 18.2 Å². The molecule has 0 aromatic carbocycles. The molecule has 0 aliphatic heterocycles. The minimum absolute atomic E-state index is 0.207. The van der Waals surface area contributed by atoms with Gasteiger partial charge < -0.3 is 9.92 Å². The lowest BCUT2D eigenvalue weighted by atomic mass is 9.77. The fraction of sp³-hybridized carbons (Fsp3) is 0.722. The minimum Gasteiger partial charge on any atom is -0.397 e. The Labute approximate surface area is 137 Å². The van der Waals surface area contributed by atoms with Gasteiger partial charge in [-0.15, -0.1) is 10.3 Å².